The van der Waals surface area contributed by atoms with E-state index in [0.29, 0.717) is 6.42 Å². The first-order valence-corrected chi connectivity index (χ1v) is 7.02. The van der Waals surface area contributed by atoms with Crippen molar-refractivity contribution in [2.45, 2.75) is 44.8 Å². The summed E-state index contributed by atoms with van der Waals surface area (Å²) in [5.74, 6) is 0. The normalized spacial score (nSPS) is 20.7. The molecule has 0 aromatic heterocycles. The van der Waals surface area contributed by atoms with Gasteiger partial charge in [-0.3, -0.25) is 0 Å². The van der Waals surface area contributed by atoms with Gasteiger partial charge in [0, 0.05) is 38.3 Å². The van der Waals surface area contributed by atoms with Crippen molar-refractivity contribution in [3.8, 4) is 0 Å². The smallest absolute Gasteiger partial charge is 0.372 e. The van der Waals surface area contributed by atoms with Gasteiger partial charge in [0.15, 0.2) is 0 Å². The summed E-state index contributed by atoms with van der Waals surface area (Å²) in [6, 6.07) is 0. The number of alkyl halides is 3. The molecule has 3 nitrogen and oxygen atoms in total. The fourth-order valence-corrected chi connectivity index (χ4v) is 2.53. The van der Waals surface area contributed by atoms with Crippen molar-refractivity contribution in [2.24, 2.45) is 0 Å². The first-order chi connectivity index (χ1) is 8.91. The molecule has 0 unspecified atom stereocenters. The molecule has 1 fully saturated rings. The van der Waals surface area contributed by atoms with Gasteiger partial charge in [0.25, 0.3) is 0 Å². The van der Waals surface area contributed by atoms with Crippen LogP contribution in [0, 0.1) is 0 Å². The summed E-state index contributed by atoms with van der Waals surface area (Å²) >= 11 is 0. The highest BCUT2D eigenvalue weighted by Crippen LogP contribution is 2.20. The zero-order chi connectivity index (χ0) is 14.4. The first kappa shape index (κ1) is 16.7. The van der Waals surface area contributed by atoms with E-state index in [0.717, 1.165) is 39.0 Å². The largest absolute Gasteiger partial charge is 0.411 e. The summed E-state index contributed by atoms with van der Waals surface area (Å²) in [5.41, 5.74) is 0.172. The molecule has 0 bridgehead atoms. The molecule has 19 heavy (non-hydrogen) atoms. The second kappa shape index (κ2) is 7.45. The minimum absolute atomic E-state index is 0.172. The molecule has 1 aliphatic rings. The molecular weight excluding hydrogens is 257 g/mol. The zero-order valence-corrected chi connectivity index (χ0v) is 11.9. The standard InChI is InChI=1S/C13H25F3N2O/c1-3-12(4-2)10-18(8-6-17-12)7-5-9-19-11-13(14,15)16/h17H,3-11H2,1-2H3. The Hall–Kier alpha value is -0.330. The summed E-state index contributed by atoms with van der Waals surface area (Å²) in [7, 11) is 0. The predicted octanol–water partition coefficient (Wildman–Crippen LogP) is 2.42. The van der Waals surface area contributed by atoms with Crippen molar-refractivity contribution in [3.63, 3.8) is 0 Å². The molecule has 0 aromatic rings. The summed E-state index contributed by atoms with van der Waals surface area (Å²) in [5, 5.41) is 3.56. The van der Waals surface area contributed by atoms with Crippen LogP contribution in [0.1, 0.15) is 33.1 Å². The van der Waals surface area contributed by atoms with Gasteiger partial charge >= 0.3 is 6.18 Å². The molecule has 0 saturated carbocycles. The van der Waals surface area contributed by atoms with E-state index in [1.165, 1.54) is 0 Å². The van der Waals surface area contributed by atoms with Crippen molar-refractivity contribution in [1.82, 2.24) is 10.2 Å². The Morgan fingerprint density at radius 1 is 1.26 bits per heavy atom. The van der Waals surface area contributed by atoms with Crippen LogP contribution in [0.4, 0.5) is 13.2 Å². The van der Waals surface area contributed by atoms with Crippen molar-refractivity contribution in [1.29, 1.82) is 0 Å². The molecule has 0 amide bonds. The Morgan fingerprint density at radius 2 is 1.95 bits per heavy atom. The third-order valence-corrected chi connectivity index (χ3v) is 3.84. The quantitative estimate of drug-likeness (QED) is 0.726. The Balaban J connectivity index is 2.19. The molecular formula is C13H25F3N2O. The molecule has 1 rings (SSSR count). The third kappa shape index (κ3) is 6.10. The molecule has 0 aliphatic carbocycles. The number of halogens is 3. The molecule has 1 N–H and O–H groups in total. The van der Waals surface area contributed by atoms with Gasteiger partial charge in [0.2, 0.25) is 0 Å². The highest BCUT2D eigenvalue weighted by molar-refractivity contribution is 4.92. The highest BCUT2D eigenvalue weighted by Gasteiger charge is 2.31. The van der Waals surface area contributed by atoms with Crippen molar-refractivity contribution < 1.29 is 17.9 Å². The summed E-state index contributed by atoms with van der Waals surface area (Å²) in [4.78, 5) is 2.32. The first-order valence-electron chi connectivity index (χ1n) is 7.02. The van der Waals surface area contributed by atoms with Crippen LogP contribution in [0.25, 0.3) is 0 Å². The maximum absolute atomic E-state index is 11.9. The van der Waals surface area contributed by atoms with Gasteiger partial charge in [-0.2, -0.15) is 13.2 Å². The van der Waals surface area contributed by atoms with Crippen LogP contribution in [-0.2, 0) is 4.74 Å². The summed E-state index contributed by atoms with van der Waals surface area (Å²) in [6.07, 6.45) is -1.41. The van der Waals surface area contributed by atoms with E-state index in [9.17, 15) is 13.2 Å². The van der Waals surface area contributed by atoms with E-state index < -0.39 is 12.8 Å². The van der Waals surface area contributed by atoms with Crippen LogP contribution < -0.4 is 5.32 Å². The van der Waals surface area contributed by atoms with Crippen LogP contribution in [0.15, 0.2) is 0 Å². The van der Waals surface area contributed by atoms with E-state index in [2.05, 4.69) is 28.8 Å². The number of hydrogen-bond donors (Lipinski definition) is 1. The predicted molar refractivity (Wildman–Crippen MR) is 69.2 cm³/mol. The van der Waals surface area contributed by atoms with Gasteiger partial charge in [-0.1, -0.05) is 13.8 Å². The van der Waals surface area contributed by atoms with Crippen LogP contribution in [0.2, 0.25) is 0 Å². The van der Waals surface area contributed by atoms with E-state index in [4.69, 9.17) is 0 Å². The highest BCUT2D eigenvalue weighted by atomic mass is 19.4. The minimum Gasteiger partial charge on any atom is -0.372 e. The second-order valence-corrected chi connectivity index (χ2v) is 5.21. The fourth-order valence-electron chi connectivity index (χ4n) is 2.53. The molecule has 6 heteroatoms. The van der Waals surface area contributed by atoms with Gasteiger partial charge < -0.3 is 15.0 Å². The van der Waals surface area contributed by atoms with Crippen LogP contribution in [-0.4, -0.2) is 56.0 Å². The van der Waals surface area contributed by atoms with Crippen LogP contribution in [0.5, 0.6) is 0 Å². The molecule has 1 heterocycles. The topological polar surface area (TPSA) is 24.5 Å². The van der Waals surface area contributed by atoms with Gasteiger partial charge in [-0.15, -0.1) is 0 Å². The summed E-state index contributed by atoms with van der Waals surface area (Å²) in [6.45, 7) is 7.07. The van der Waals surface area contributed by atoms with Gasteiger partial charge in [0.1, 0.15) is 6.61 Å². The number of hydrogen-bond acceptors (Lipinski definition) is 3. The van der Waals surface area contributed by atoms with E-state index in [1.807, 2.05) is 0 Å². The van der Waals surface area contributed by atoms with Crippen LogP contribution in [0.3, 0.4) is 0 Å². The lowest BCUT2D eigenvalue weighted by Gasteiger charge is -2.43. The van der Waals surface area contributed by atoms with Gasteiger partial charge in [0.05, 0.1) is 0 Å². The monoisotopic (exact) mass is 282 g/mol. The Labute approximate surface area is 113 Å². The van der Waals surface area contributed by atoms with Crippen molar-refractivity contribution >= 4 is 0 Å². The average molecular weight is 282 g/mol. The molecule has 0 spiro atoms. The van der Waals surface area contributed by atoms with E-state index in [-0.39, 0.29) is 12.1 Å². The van der Waals surface area contributed by atoms with E-state index >= 15 is 0 Å². The molecule has 114 valence electrons. The number of ether oxygens (including phenoxy) is 1. The van der Waals surface area contributed by atoms with Crippen molar-refractivity contribution in [3.05, 3.63) is 0 Å². The molecule has 0 atom stereocenters. The number of nitrogens with one attached hydrogen (secondary N) is 1. The lowest BCUT2D eigenvalue weighted by atomic mass is 9.90. The van der Waals surface area contributed by atoms with Crippen LogP contribution >= 0.6 is 0 Å². The van der Waals surface area contributed by atoms with Gasteiger partial charge in [-0.25, -0.2) is 0 Å². The van der Waals surface area contributed by atoms with E-state index in [1.54, 1.807) is 0 Å². The molecule has 0 radical (unpaired) electrons. The lowest BCUT2D eigenvalue weighted by molar-refractivity contribution is -0.174. The number of rotatable bonds is 7. The third-order valence-electron chi connectivity index (χ3n) is 3.84. The molecule has 0 aromatic carbocycles. The maximum Gasteiger partial charge on any atom is 0.411 e. The fraction of sp³-hybridized carbons (Fsp3) is 1.00. The second-order valence-electron chi connectivity index (χ2n) is 5.21. The zero-order valence-electron chi connectivity index (χ0n) is 11.9. The SMILES string of the molecule is CCC1(CC)CN(CCCOCC(F)(F)F)CCN1. The Bertz CT molecular complexity index is 255. The number of piperazine rings is 1. The van der Waals surface area contributed by atoms with Gasteiger partial charge in [-0.05, 0) is 19.3 Å². The molecule has 1 aliphatic heterocycles. The molecule has 1 saturated heterocycles. The average Bonchev–Trinajstić information content (AvgIpc) is 2.37. The van der Waals surface area contributed by atoms with Crippen molar-refractivity contribution in [2.75, 3.05) is 39.4 Å². The minimum atomic E-state index is -4.21. The maximum atomic E-state index is 11.9. The summed E-state index contributed by atoms with van der Waals surface area (Å²) < 4.78 is 40.3. The Kier molecular flexibility index (Phi) is 6.56. The Morgan fingerprint density at radius 3 is 2.53 bits per heavy atom. The number of nitrogens with zero attached hydrogens (tertiary/aromatic N) is 1. The lowest BCUT2D eigenvalue weighted by Crippen LogP contribution is -2.59.